The first kappa shape index (κ1) is 13.1. The van der Waals surface area contributed by atoms with Gasteiger partial charge in [0, 0.05) is 48.0 Å². The molecule has 1 atom stereocenters. The highest BCUT2D eigenvalue weighted by Crippen LogP contribution is 2.29. The molecule has 3 aromatic rings. The zero-order chi connectivity index (χ0) is 14.1. The van der Waals surface area contributed by atoms with Crippen LogP contribution in [0.25, 0.3) is 10.9 Å². The summed E-state index contributed by atoms with van der Waals surface area (Å²) in [5.74, 6) is 0.830. The summed E-state index contributed by atoms with van der Waals surface area (Å²) in [4.78, 5) is 8.58. The molecule has 0 aliphatic heterocycles. The predicted octanol–water partition coefficient (Wildman–Crippen LogP) is 2.90. The number of fused-ring (bicyclic) bond motifs is 1. The zero-order valence-electron chi connectivity index (χ0n) is 11.0. The highest BCUT2D eigenvalue weighted by molar-refractivity contribution is 6.35. The van der Waals surface area contributed by atoms with E-state index in [2.05, 4.69) is 9.97 Å². The molecule has 2 aromatic heterocycles. The predicted molar refractivity (Wildman–Crippen MR) is 78.6 cm³/mol. The van der Waals surface area contributed by atoms with Crippen LogP contribution in [0.4, 0.5) is 0 Å². The number of aliphatic hydroxyl groups is 1. The minimum absolute atomic E-state index is 0.441. The molecular weight excluding hydrogens is 274 g/mol. The number of halogens is 1. The van der Waals surface area contributed by atoms with Gasteiger partial charge in [0.25, 0.3) is 0 Å². The lowest BCUT2D eigenvalue weighted by Gasteiger charge is -2.13. The maximum atomic E-state index is 10.5. The fourth-order valence-electron chi connectivity index (χ4n) is 2.30. The first-order valence-corrected chi connectivity index (χ1v) is 6.72. The third-order valence-electron chi connectivity index (χ3n) is 3.40. The molecule has 0 aliphatic carbocycles. The molecule has 5 heteroatoms. The summed E-state index contributed by atoms with van der Waals surface area (Å²) in [7, 11) is 1.91. The van der Waals surface area contributed by atoms with Crippen LogP contribution in [0.3, 0.4) is 0 Å². The van der Waals surface area contributed by atoms with Crippen molar-refractivity contribution < 1.29 is 5.11 Å². The lowest BCUT2D eigenvalue weighted by atomic mass is 10.0. The molecule has 3 rings (SSSR count). The monoisotopic (exact) mass is 287 g/mol. The van der Waals surface area contributed by atoms with E-state index >= 15 is 0 Å². The second-order valence-corrected chi connectivity index (χ2v) is 5.12. The van der Waals surface area contributed by atoms with Gasteiger partial charge in [-0.05, 0) is 18.2 Å². The number of pyridine rings is 1. The number of aryl methyl sites for hydroxylation is 1. The van der Waals surface area contributed by atoms with Crippen LogP contribution in [-0.4, -0.2) is 19.6 Å². The fraction of sp³-hybridized carbons (Fsp3) is 0.200. The van der Waals surface area contributed by atoms with Gasteiger partial charge in [-0.1, -0.05) is 17.7 Å². The lowest BCUT2D eigenvalue weighted by Crippen LogP contribution is -2.07. The number of rotatable bonds is 3. The van der Waals surface area contributed by atoms with Crippen molar-refractivity contribution in [3.63, 3.8) is 0 Å². The van der Waals surface area contributed by atoms with Crippen molar-refractivity contribution in [2.45, 2.75) is 12.5 Å². The summed E-state index contributed by atoms with van der Waals surface area (Å²) in [5, 5.41) is 12.0. The second kappa shape index (κ2) is 5.23. The zero-order valence-corrected chi connectivity index (χ0v) is 11.7. The Balaban J connectivity index is 2.02. The highest BCUT2D eigenvalue weighted by atomic mass is 35.5. The van der Waals surface area contributed by atoms with Gasteiger partial charge in [0.05, 0.1) is 11.6 Å². The molecule has 0 radical (unpaired) electrons. The molecular formula is C15H14ClN3O. The van der Waals surface area contributed by atoms with Crippen LogP contribution in [0.15, 0.2) is 42.9 Å². The number of nitrogens with zero attached hydrogens (tertiary/aromatic N) is 3. The van der Waals surface area contributed by atoms with Crippen molar-refractivity contribution >= 4 is 22.5 Å². The van der Waals surface area contributed by atoms with Crippen LogP contribution in [0.1, 0.15) is 17.5 Å². The van der Waals surface area contributed by atoms with E-state index in [0.717, 1.165) is 22.3 Å². The van der Waals surface area contributed by atoms with Gasteiger partial charge in [0.1, 0.15) is 5.82 Å². The Bertz CT molecular complexity index is 754. The molecule has 0 saturated carbocycles. The van der Waals surface area contributed by atoms with E-state index < -0.39 is 6.10 Å². The van der Waals surface area contributed by atoms with Gasteiger partial charge in [-0.3, -0.25) is 4.98 Å². The van der Waals surface area contributed by atoms with Gasteiger partial charge in [0.15, 0.2) is 0 Å². The van der Waals surface area contributed by atoms with Crippen LogP contribution in [0.5, 0.6) is 0 Å². The Morgan fingerprint density at radius 3 is 2.85 bits per heavy atom. The molecule has 0 bridgehead atoms. The standard InChI is InChI=1S/C15H14ClN3O/c1-19-8-7-17-14(19)9-13(20)11-4-5-12(16)10-3-2-6-18-15(10)11/h2-8,13,20H,9H2,1H3. The van der Waals surface area contributed by atoms with Crippen LogP contribution in [0, 0.1) is 0 Å². The Hall–Kier alpha value is -1.91. The first-order chi connectivity index (χ1) is 9.66. The Morgan fingerprint density at radius 2 is 2.10 bits per heavy atom. The molecule has 1 N–H and O–H groups in total. The molecule has 102 valence electrons. The van der Waals surface area contributed by atoms with Crippen molar-refractivity contribution in [1.29, 1.82) is 0 Å². The maximum absolute atomic E-state index is 10.5. The second-order valence-electron chi connectivity index (χ2n) is 4.71. The minimum Gasteiger partial charge on any atom is -0.388 e. The number of hydrogen-bond acceptors (Lipinski definition) is 3. The molecule has 4 nitrogen and oxygen atoms in total. The largest absolute Gasteiger partial charge is 0.388 e. The molecule has 1 unspecified atom stereocenters. The normalized spacial score (nSPS) is 12.8. The molecule has 20 heavy (non-hydrogen) atoms. The Kier molecular flexibility index (Phi) is 3.42. The van der Waals surface area contributed by atoms with Crippen LogP contribution in [0.2, 0.25) is 5.02 Å². The molecule has 0 fully saturated rings. The quantitative estimate of drug-likeness (QED) is 0.806. The summed E-state index contributed by atoms with van der Waals surface area (Å²) >= 11 is 6.16. The Morgan fingerprint density at radius 1 is 1.25 bits per heavy atom. The van der Waals surface area contributed by atoms with Crippen molar-refractivity contribution in [1.82, 2.24) is 14.5 Å². The van der Waals surface area contributed by atoms with Gasteiger partial charge in [0.2, 0.25) is 0 Å². The van der Waals surface area contributed by atoms with Crippen molar-refractivity contribution in [3.05, 3.63) is 59.3 Å². The van der Waals surface area contributed by atoms with E-state index in [-0.39, 0.29) is 0 Å². The van der Waals surface area contributed by atoms with Crippen molar-refractivity contribution in [3.8, 4) is 0 Å². The molecule has 0 aliphatic rings. The van der Waals surface area contributed by atoms with Gasteiger partial charge >= 0.3 is 0 Å². The number of benzene rings is 1. The smallest absolute Gasteiger partial charge is 0.111 e. The minimum atomic E-state index is -0.661. The SMILES string of the molecule is Cn1ccnc1CC(O)c1ccc(Cl)c2cccnc12. The van der Waals surface area contributed by atoms with E-state index in [9.17, 15) is 5.11 Å². The van der Waals surface area contributed by atoms with Crippen LogP contribution in [-0.2, 0) is 13.5 Å². The van der Waals surface area contributed by atoms with Gasteiger partial charge in [-0.2, -0.15) is 0 Å². The first-order valence-electron chi connectivity index (χ1n) is 6.34. The van der Waals surface area contributed by atoms with E-state index in [0.29, 0.717) is 11.4 Å². The topological polar surface area (TPSA) is 50.9 Å². The van der Waals surface area contributed by atoms with E-state index in [1.165, 1.54) is 0 Å². The highest BCUT2D eigenvalue weighted by Gasteiger charge is 2.16. The lowest BCUT2D eigenvalue weighted by molar-refractivity contribution is 0.176. The molecule has 0 spiro atoms. The van der Waals surface area contributed by atoms with E-state index in [1.807, 2.05) is 36.0 Å². The third kappa shape index (κ3) is 2.28. The van der Waals surface area contributed by atoms with Crippen LogP contribution >= 0.6 is 11.6 Å². The van der Waals surface area contributed by atoms with Gasteiger partial charge < -0.3 is 9.67 Å². The summed E-state index contributed by atoms with van der Waals surface area (Å²) < 4.78 is 1.90. The molecule has 0 amide bonds. The molecule has 1 aromatic carbocycles. The van der Waals surface area contributed by atoms with Gasteiger partial charge in [-0.15, -0.1) is 0 Å². The average molecular weight is 288 g/mol. The van der Waals surface area contributed by atoms with E-state index in [4.69, 9.17) is 11.6 Å². The third-order valence-corrected chi connectivity index (χ3v) is 3.73. The van der Waals surface area contributed by atoms with Gasteiger partial charge in [-0.25, -0.2) is 4.98 Å². The summed E-state index contributed by atoms with van der Waals surface area (Å²) in [6.07, 6.45) is 5.07. The number of aliphatic hydroxyl groups excluding tert-OH is 1. The fourth-order valence-corrected chi connectivity index (χ4v) is 2.52. The number of hydrogen-bond donors (Lipinski definition) is 1. The maximum Gasteiger partial charge on any atom is 0.111 e. The number of aromatic nitrogens is 3. The molecule has 0 saturated heterocycles. The Labute approximate surface area is 121 Å². The molecule has 2 heterocycles. The van der Waals surface area contributed by atoms with Crippen molar-refractivity contribution in [2.75, 3.05) is 0 Å². The summed E-state index contributed by atoms with van der Waals surface area (Å²) in [5.41, 5.74) is 1.51. The van der Waals surface area contributed by atoms with E-state index in [1.54, 1.807) is 18.5 Å². The number of imidazole rings is 1. The van der Waals surface area contributed by atoms with Crippen molar-refractivity contribution in [2.24, 2.45) is 7.05 Å². The van der Waals surface area contributed by atoms with Crippen LogP contribution < -0.4 is 0 Å². The summed E-state index contributed by atoms with van der Waals surface area (Å²) in [6.45, 7) is 0. The average Bonchev–Trinajstić information content (AvgIpc) is 2.85. The summed E-state index contributed by atoms with van der Waals surface area (Å²) in [6, 6.07) is 7.36.